The first-order valence-electron chi connectivity index (χ1n) is 9.48. The average molecular weight is 546 g/mol. The summed E-state index contributed by atoms with van der Waals surface area (Å²) in [5, 5.41) is 11.0. The van der Waals surface area contributed by atoms with Crippen LogP contribution < -0.4 is 4.74 Å². The number of rotatable bonds is 9. The summed E-state index contributed by atoms with van der Waals surface area (Å²) in [6.45, 7) is 0. The lowest BCUT2D eigenvalue weighted by Gasteiger charge is -2.42. The monoisotopic (exact) mass is 546 g/mol. The van der Waals surface area contributed by atoms with Crippen molar-refractivity contribution in [2.24, 2.45) is 0 Å². The van der Waals surface area contributed by atoms with Crippen molar-refractivity contribution >= 4 is 0 Å². The van der Waals surface area contributed by atoms with Crippen LogP contribution in [0.25, 0.3) is 0 Å². The van der Waals surface area contributed by atoms with Gasteiger partial charge in [0.25, 0.3) is 0 Å². The van der Waals surface area contributed by atoms with Crippen molar-refractivity contribution in [3.05, 3.63) is 65.7 Å². The zero-order valence-electron chi connectivity index (χ0n) is 17.7. The molecule has 0 amide bonds. The Morgan fingerprint density at radius 1 is 0.611 bits per heavy atom. The van der Waals surface area contributed by atoms with Crippen LogP contribution >= 0.6 is 0 Å². The number of methoxy groups -OCH3 is 1. The molecule has 36 heavy (non-hydrogen) atoms. The molecule has 202 valence electrons. The second-order valence-corrected chi connectivity index (χ2v) is 7.63. The van der Waals surface area contributed by atoms with E-state index in [2.05, 4.69) is 0 Å². The molecule has 1 atom stereocenters. The summed E-state index contributed by atoms with van der Waals surface area (Å²) >= 11 is 0. The summed E-state index contributed by atoms with van der Waals surface area (Å²) in [6, 6.07) is 9.03. The minimum absolute atomic E-state index is 0.168. The molecule has 0 aromatic heterocycles. The third kappa shape index (κ3) is 4.45. The number of hydrogen-bond acceptors (Lipinski definition) is 2. The molecule has 0 saturated heterocycles. The molecule has 2 aromatic carbocycles. The molecule has 0 bridgehead atoms. The predicted octanol–water partition coefficient (Wildman–Crippen LogP) is 7.06. The van der Waals surface area contributed by atoms with Crippen LogP contribution in [-0.4, -0.2) is 48.0 Å². The fourth-order valence-electron chi connectivity index (χ4n) is 3.20. The Labute approximate surface area is 194 Å². The zero-order chi connectivity index (χ0) is 28.0. The maximum Gasteiger partial charge on any atom is 0.460 e. The number of ether oxygens (including phenoxy) is 1. The van der Waals surface area contributed by atoms with Crippen LogP contribution in [0.5, 0.6) is 5.75 Å². The van der Waals surface area contributed by atoms with Crippen LogP contribution in [0.2, 0.25) is 0 Å². The lowest BCUT2D eigenvalue weighted by atomic mass is 9.79. The Kier molecular flexibility index (Phi) is 7.37. The highest BCUT2D eigenvalue weighted by Crippen LogP contribution is 2.61. The first-order chi connectivity index (χ1) is 16.1. The molecular weight excluding hydrogens is 531 g/mol. The van der Waals surface area contributed by atoms with E-state index in [1.165, 1.54) is 12.1 Å². The van der Waals surface area contributed by atoms with Gasteiger partial charge in [0.2, 0.25) is 0 Å². The summed E-state index contributed by atoms with van der Waals surface area (Å²) in [5.41, 5.74) is -4.75. The van der Waals surface area contributed by atoms with Gasteiger partial charge in [0.1, 0.15) is 11.4 Å². The van der Waals surface area contributed by atoms with E-state index in [0.29, 0.717) is 0 Å². The van der Waals surface area contributed by atoms with Gasteiger partial charge in [0, 0.05) is 0 Å². The number of alkyl halides is 13. The van der Waals surface area contributed by atoms with Gasteiger partial charge in [-0.05, 0) is 23.3 Å². The Morgan fingerprint density at radius 2 is 1.08 bits per heavy atom. The van der Waals surface area contributed by atoms with Crippen LogP contribution in [-0.2, 0) is 5.60 Å². The molecule has 0 aliphatic rings. The molecule has 0 spiro atoms. The lowest BCUT2D eigenvalue weighted by Crippen LogP contribution is -2.70. The van der Waals surface area contributed by atoms with Gasteiger partial charge >= 0.3 is 35.8 Å². The third-order valence-electron chi connectivity index (χ3n) is 5.27. The summed E-state index contributed by atoms with van der Waals surface area (Å²) < 4.78 is 181. The zero-order valence-corrected chi connectivity index (χ0v) is 17.7. The quantitative estimate of drug-likeness (QED) is 0.342. The molecule has 1 unspecified atom stereocenters. The molecular formula is C21H15F13O2. The second kappa shape index (κ2) is 8.99. The van der Waals surface area contributed by atoms with Crippen LogP contribution in [0.15, 0.2) is 54.6 Å². The van der Waals surface area contributed by atoms with Gasteiger partial charge in [0.05, 0.1) is 13.5 Å². The maximum atomic E-state index is 14.7. The van der Waals surface area contributed by atoms with Gasteiger partial charge in [-0.15, -0.1) is 0 Å². The average Bonchev–Trinajstić information content (AvgIpc) is 2.78. The van der Waals surface area contributed by atoms with Gasteiger partial charge in [-0.2, -0.15) is 57.1 Å². The SMILES string of the molecule is COc1cccc(C(O)(CC(F)(F)C(F)(F)C(F)(F)C(F)(F)C(F)(F)C(F)(F)F)c2ccccc2)c1. The van der Waals surface area contributed by atoms with Crippen molar-refractivity contribution in [1.29, 1.82) is 0 Å². The molecule has 0 heterocycles. The highest BCUT2D eigenvalue weighted by atomic mass is 19.4. The summed E-state index contributed by atoms with van der Waals surface area (Å²) in [5.74, 6) is -38.0. The van der Waals surface area contributed by atoms with Gasteiger partial charge in [-0.25, -0.2) is 0 Å². The Hall–Kier alpha value is -2.71. The van der Waals surface area contributed by atoms with E-state index in [-0.39, 0.29) is 5.75 Å². The fraction of sp³-hybridized carbons (Fsp3) is 0.429. The van der Waals surface area contributed by atoms with Crippen LogP contribution in [0.4, 0.5) is 57.1 Å². The van der Waals surface area contributed by atoms with Crippen molar-refractivity contribution in [2.45, 2.75) is 47.8 Å². The van der Waals surface area contributed by atoms with Crippen molar-refractivity contribution < 1.29 is 66.9 Å². The molecule has 15 heteroatoms. The van der Waals surface area contributed by atoms with Crippen molar-refractivity contribution in [2.75, 3.05) is 7.11 Å². The molecule has 2 aromatic rings. The number of benzene rings is 2. The van der Waals surface area contributed by atoms with E-state index in [1.807, 2.05) is 0 Å². The van der Waals surface area contributed by atoms with E-state index in [1.54, 1.807) is 0 Å². The standard InChI is InChI=1S/C21H15F13O2/c1-36-14-9-5-8-13(10-14)15(35,12-6-3-2-4-7-12)11-16(22,23)17(24,25)18(26,27)19(28,29)20(30,31)21(32,33)34/h2-10,35H,11H2,1H3. The highest BCUT2D eigenvalue weighted by molar-refractivity contribution is 5.40. The Bertz CT molecular complexity index is 1050. The molecule has 2 nitrogen and oxygen atoms in total. The number of halogens is 13. The molecule has 0 radical (unpaired) electrons. The topological polar surface area (TPSA) is 29.5 Å². The van der Waals surface area contributed by atoms with Gasteiger partial charge < -0.3 is 9.84 Å². The Balaban J connectivity index is 2.68. The minimum atomic E-state index is -8.02. The van der Waals surface area contributed by atoms with Gasteiger partial charge in [-0.1, -0.05) is 42.5 Å². The lowest BCUT2D eigenvalue weighted by molar-refractivity contribution is -0.441. The van der Waals surface area contributed by atoms with E-state index in [9.17, 15) is 62.2 Å². The predicted molar refractivity (Wildman–Crippen MR) is 97.8 cm³/mol. The van der Waals surface area contributed by atoms with Crippen molar-refractivity contribution in [3.8, 4) is 5.75 Å². The summed E-state index contributed by atoms with van der Waals surface area (Å²) in [4.78, 5) is 0. The van der Waals surface area contributed by atoms with E-state index >= 15 is 0 Å². The highest BCUT2D eigenvalue weighted by Gasteiger charge is 2.90. The largest absolute Gasteiger partial charge is 0.497 e. The van der Waals surface area contributed by atoms with Crippen LogP contribution in [0.1, 0.15) is 17.5 Å². The molecule has 1 N–H and O–H groups in total. The van der Waals surface area contributed by atoms with Crippen molar-refractivity contribution in [3.63, 3.8) is 0 Å². The second-order valence-electron chi connectivity index (χ2n) is 7.63. The number of aliphatic hydroxyl groups is 1. The molecule has 2 rings (SSSR count). The summed E-state index contributed by atoms with van der Waals surface area (Å²) in [6.07, 6.45) is -10.3. The maximum absolute atomic E-state index is 14.7. The first kappa shape index (κ1) is 29.5. The number of hydrogen-bond donors (Lipinski definition) is 1. The molecule has 0 aliphatic carbocycles. The van der Waals surface area contributed by atoms with E-state index in [4.69, 9.17) is 4.74 Å². The molecule has 0 fully saturated rings. The Morgan fingerprint density at radius 3 is 1.56 bits per heavy atom. The molecule has 0 saturated carbocycles. The summed E-state index contributed by atoms with van der Waals surface area (Å²) in [7, 11) is 1.06. The first-order valence-corrected chi connectivity index (χ1v) is 9.48. The van der Waals surface area contributed by atoms with Crippen molar-refractivity contribution in [1.82, 2.24) is 0 Å². The third-order valence-corrected chi connectivity index (χ3v) is 5.27. The van der Waals surface area contributed by atoms with Crippen LogP contribution in [0.3, 0.4) is 0 Å². The van der Waals surface area contributed by atoms with E-state index < -0.39 is 58.9 Å². The van der Waals surface area contributed by atoms with Crippen LogP contribution in [0, 0.1) is 0 Å². The smallest absolute Gasteiger partial charge is 0.460 e. The normalized spacial score (nSPS) is 16.0. The minimum Gasteiger partial charge on any atom is -0.497 e. The molecule has 0 aliphatic heterocycles. The van der Waals surface area contributed by atoms with E-state index in [0.717, 1.165) is 49.6 Å². The van der Waals surface area contributed by atoms with Gasteiger partial charge in [-0.3, -0.25) is 0 Å². The van der Waals surface area contributed by atoms with Gasteiger partial charge in [0.15, 0.2) is 0 Å². The fourth-order valence-corrected chi connectivity index (χ4v) is 3.20.